The SMILES string of the molecule is C=CCN(CCN1CCOCC1)C(=O)C1N([C@@H](CO)C(C)C)C(=O)[C@@H]2[C@@H](C(=O)N(CC=C)c3ccc(OCC)cc3)[C@@]3(CC)CCC12O3. The number of ether oxygens (including phenoxy) is 3. The van der Waals surface area contributed by atoms with Gasteiger partial charge in [0.2, 0.25) is 17.7 Å². The molecule has 1 N–H and O–H groups in total. The number of nitrogens with zero attached hydrogens (tertiary/aromatic N) is 4. The molecule has 4 aliphatic rings. The number of carbonyl (C=O) groups is 3. The molecule has 0 saturated carbocycles. The van der Waals surface area contributed by atoms with Gasteiger partial charge < -0.3 is 34.0 Å². The van der Waals surface area contributed by atoms with E-state index in [1.807, 2.05) is 52.0 Å². The maximum atomic E-state index is 14.9. The van der Waals surface area contributed by atoms with Crippen LogP contribution in [0.3, 0.4) is 0 Å². The summed E-state index contributed by atoms with van der Waals surface area (Å²) >= 11 is 0. The summed E-state index contributed by atoms with van der Waals surface area (Å²) in [5, 5.41) is 10.7. The van der Waals surface area contributed by atoms with Gasteiger partial charge in [-0.05, 0) is 56.4 Å². The van der Waals surface area contributed by atoms with Crippen molar-refractivity contribution < 1.29 is 33.7 Å². The van der Waals surface area contributed by atoms with Gasteiger partial charge in [0.1, 0.15) is 17.4 Å². The summed E-state index contributed by atoms with van der Waals surface area (Å²) in [4.78, 5) is 52.0. The molecule has 264 valence electrons. The maximum absolute atomic E-state index is 14.9. The van der Waals surface area contributed by atoms with Gasteiger partial charge in [-0.15, -0.1) is 13.2 Å². The lowest BCUT2D eigenvalue weighted by molar-refractivity contribution is -0.157. The molecule has 3 amide bonds. The molecule has 5 rings (SSSR count). The number of hydrogen-bond donors (Lipinski definition) is 1. The predicted octanol–water partition coefficient (Wildman–Crippen LogP) is 3.12. The van der Waals surface area contributed by atoms with Crippen LogP contribution in [0.1, 0.15) is 47.0 Å². The van der Waals surface area contributed by atoms with Crippen molar-refractivity contribution in [1.82, 2.24) is 14.7 Å². The van der Waals surface area contributed by atoms with Gasteiger partial charge in [-0.3, -0.25) is 19.3 Å². The number of amides is 3. The Kier molecular flexibility index (Phi) is 11.3. The number of morpholine rings is 1. The minimum atomic E-state index is -1.20. The van der Waals surface area contributed by atoms with E-state index in [0.29, 0.717) is 70.2 Å². The third kappa shape index (κ3) is 6.30. The van der Waals surface area contributed by atoms with Gasteiger partial charge in [-0.2, -0.15) is 0 Å². The zero-order valence-electron chi connectivity index (χ0n) is 29.1. The van der Waals surface area contributed by atoms with Crippen LogP contribution in [-0.4, -0.2) is 127 Å². The van der Waals surface area contributed by atoms with Crippen LogP contribution in [-0.2, 0) is 23.9 Å². The molecule has 0 radical (unpaired) electrons. The van der Waals surface area contributed by atoms with E-state index in [9.17, 15) is 19.5 Å². The second-order valence-corrected chi connectivity index (χ2v) is 13.8. The topological polar surface area (TPSA) is 112 Å². The average molecular weight is 667 g/mol. The van der Waals surface area contributed by atoms with E-state index in [0.717, 1.165) is 13.1 Å². The minimum Gasteiger partial charge on any atom is -0.494 e. The Hall–Kier alpha value is -3.25. The lowest BCUT2D eigenvalue weighted by Gasteiger charge is -2.41. The second-order valence-electron chi connectivity index (χ2n) is 13.8. The van der Waals surface area contributed by atoms with Crippen molar-refractivity contribution in [3.05, 3.63) is 49.6 Å². The Bertz CT molecular complexity index is 1330. The molecule has 4 aliphatic heterocycles. The molecular weight excluding hydrogens is 612 g/mol. The molecule has 4 fully saturated rings. The first kappa shape index (κ1) is 36.0. The molecular formula is C37H54N4O7. The lowest BCUT2D eigenvalue weighted by atomic mass is 9.64. The molecule has 11 heteroatoms. The number of benzene rings is 1. The van der Waals surface area contributed by atoms with Crippen LogP contribution < -0.4 is 9.64 Å². The van der Waals surface area contributed by atoms with E-state index >= 15 is 0 Å². The number of fused-ring (bicyclic) bond motifs is 1. The molecule has 6 atom stereocenters. The van der Waals surface area contributed by atoms with Gasteiger partial charge >= 0.3 is 0 Å². The zero-order chi connectivity index (χ0) is 34.6. The summed E-state index contributed by atoms with van der Waals surface area (Å²) < 4.78 is 18.2. The molecule has 48 heavy (non-hydrogen) atoms. The number of rotatable bonds is 16. The third-order valence-electron chi connectivity index (χ3n) is 10.9. The Morgan fingerprint density at radius 1 is 1.08 bits per heavy atom. The summed E-state index contributed by atoms with van der Waals surface area (Å²) in [6.45, 7) is 20.4. The van der Waals surface area contributed by atoms with Crippen molar-refractivity contribution in [1.29, 1.82) is 0 Å². The number of likely N-dealkylation sites (tertiary alicyclic amines) is 1. The van der Waals surface area contributed by atoms with Crippen LogP contribution in [0.4, 0.5) is 5.69 Å². The van der Waals surface area contributed by atoms with Crippen molar-refractivity contribution >= 4 is 23.4 Å². The van der Waals surface area contributed by atoms with E-state index in [4.69, 9.17) is 14.2 Å². The largest absolute Gasteiger partial charge is 0.494 e. The van der Waals surface area contributed by atoms with Crippen molar-refractivity contribution in [2.75, 3.05) is 70.6 Å². The highest BCUT2D eigenvalue weighted by molar-refractivity contribution is 6.03. The lowest BCUT2D eigenvalue weighted by Crippen LogP contribution is -2.60. The molecule has 4 saturated heterocycles. The third-order valence-corrected chi connectivity index (χ3v) is 10.9. The minimum absolute atomic E-state index is 0.140. The second kappa shape index (κ2) is 15.1. The van der Waals surface area contributed by atoms with Crippen LogP contribution in [0.25, 0.3) is 0 Å². The molecule has 11 nitrogen and oxygen atoms in total. The molecule has 1 aromatic carbocycles. The molecule has 4 heterocycles. The van der Waals surface area contributed by atoms with E-state index in [-0.39, 0.29) is 36.8 Å². The molecule has 0 aromatic heterocycles. The Morgan fingerprint density at radius 2 is 1.77 bits per heavy atom. The summed E-state index contributed by atoms with van der Waals surface area (Å²) in [5.41, 5.74) is -1.45. The predicted molar refractivity (Wildman–Crippen MR) is 184 cm³/mol. The average Bonchev–Trinajstić information content (AvgIpc) is 3.70. The smallest absolute Gasteiger partial charge is 0.248 e. The van der Waals surface area contributed by atoms with E-state index in [1.54, 1.807) is 26.9 Å². The van der Waals surface area contributed by atoms with Gasteiger partial charge in [0.05, 0.1) is 49.9 Å². The van der Waals surface area contributed by atoms with Crippen molar-refractivity contribution in [3.63, 3.8) is 0 Å². The number of anilines is 1. The van der Waals surface area contributed by atoms with Crippen molar-refractivity contribution in [3.8, 4) is 5.75 Å². The number of aliphatic hydroxyl groups excluding tert-OH is 1. The van der Waals surface area contributed by atoms with Crippen molar-refractivity contribution in [2.45, 2.75) is 70.2 Å². The van der Waals surface area contributed by atoms with Crippen LogP contribution >= 0.6 is 0 Å². The number of hydrogen-bond acceptors (Lipinski definition) is 8. The monoisotopic (exact) mass is 666 g/mol. The fraction of sp³-hybridized carbons (Fsp3) is 0.649. The molecule has 1 spiro atoms. The van der Waals surface area contributed by atoms with Crippen LogP contribution in [0.2, 0.25) is 0 Å². The van der Waals surface area contributed by atoms with Gasteiger partial charge in [-0.25, -0.2) is 0 Å². The van der Waals surface area contributed by atoms with E-state index in [1.165, 1.54) is 0 Å². The normalized spacial score (nSPS) is 28.8. The Morgan fingerprint density at radius 3 is 2.35 bits per heavy atom. The zero-order valence-corrected chi connectivity index (χ0v) is 29.1. The summed E-state index contributed by atoms with van der Waals surface area (Å²) in [6.07, 6.45) is 4.92. The molecule has 2 unspecified atom stereocenters. The highest BCUT2D eigenvalue weighted by atomic mass is 16.5. The van der Waals surface area contributed by atoms with Crippen molar-refractivity contribution in [2.24, 2.45) is 17.8 Å². The maximum Gasteiger partial charge on any atom is 0.248 e. The summed E-state index contributed by atoms with van der Waals surface area (Å²) in [7, 11) is 0. The van der Waals surface area contributed by atoms with Gasteiger partial charge in [0, 0.05) is 45.0 Å². The molecule has 2 bridgehead atoms. The highest BCUT2D eigenvalue weighted by Crippen LogP contribution is 2.65. The first-order valence-electron chi connectivity index (χ1n) is 17.6. The van der Waals surface area contributed by atoms with E-state index < -0.39 is 35.1 Å². The van der Waals surface area contributed by atoms with Crippen LogP contribution in [0.5, 0.6) is 5.75 Å². The first-order chi connectivity index (χ1) is 23.1. The molecule has 0 aliphatic carbocycles. The quantitative estimate of drug-likeness (QED) is 0.268. The van der Waals surface area contributed by atoms with Crippen LogP contribution in [0, 0.1) is 17.8 Å². The Labute approximate surface area is 285 Å². The standard InChI is InChI=1S/C37H54N4O7/c1-7-17-39(20-19-38-21-23-46-24-22-38)35(45)32-37-16-15-36(9-3,48-37)30(31(37)34(44)41(32)29(25-42)26(5)6)33(43)40(18-8-2)27-11-13-28(14-12-27)47-10-4/h7-8,11-14,26,29-32,42H,1-2,9-10,15-25H2,3-6H3/t29-,30-,31-,32?,36+,37?/m0/s1. The van der Waals surface area contributed by atoms with E-state index in [2.05, 4.69) is 18.1 Å². The number of aliphatic hydroxyl groups is 1. The highest BCUT2D eigenvalue weighted by Gasteiger charge is 2.79. The fourth-order valence-corrected chi connectivity index (χ4v) is 8.50. The summed E-state index contributed by atoms with van der Waals surface area (Å²) in [5.74, 6) is -1.89. The Balaban J connectivity index is 1.55. The molecule has 1 aromatic rings. The number of carbonyl (C=O) groups excluding carboxylic acids is 3. The van der Waals surface area contributed by atoms with Gasteiger partial charge in [-0.1, -0.05) is 32.9 Å². The van der Waals surface area contributed by atoms with Gasteiger partial charge in [0.25, 0.3) is 0 Å². The fourth-order valence-electron chi connectivity index (χ4n) is 8.50. The van der Waals surface area contributed by atoms with Crippen LogP contribution in [0.15, 0.2) is 49.6 Å². The summed E-state index contributed by atoms with van der Waals surface area (Å²) in [6, 6.07) is 5.73. The first-order valence-corrected chi connectivity index (χ1v) is 17.6. The van der Waals surface area contributed by atoms with Gasteiger partial charge in [0.15, 0.2) is 0 Å².